The Bertz CT molecular complexity index is 708. The van der Waals surface area contributed by atoms with Gasteiger partial charge in [0.1, 0.15) is 0 Å². The Morgan fingerprint density at radius 3 is 2.53 bits per heavy atom. The molecule has 0 saturated heterocycles. The van der Waals surface area contributed by atoms with Crippen molar-refractivity contribution in [2.24, 2.45) is 0 Å². The number of rotatable bonds is 2. The summed E-state index contributed by atoms with van der Waals surface area (Å²) < 4.78 is 1.98. The Kier molecular flexibility index (Phi) is 3.48. The van der Waals surface area contributed by atoms with Crippen LogP contribution in [0.4, 0.5) is 0 Å². The van der Waals surface area contributed by atoms with Gasteiger partial charge in [-0.15, -0.1) is 0 Å². The van der Waals surface area contributed by atoms with Crippen molar-refractivity contribution in [1.29, 1.82) is 0 Å². The molecule has 0 fully saturated rings. The van der Waals surface area contributed by atoms with Crippen LogP contribution in [-0.2, 0) is 0 Å². The number of nitrogens with one attached hydrogen (secondary N) is 1. The molecule has 0 aliphatic heterocycles. The van der Waals surface area contributed by atoms with E-state index in [1.54, 1.807) is 0 Å². The second-order valence-electron chi connectivity index (χ2n) is 4.00. The summed E-state index contributed by atoms with van der Waals surface area (Å²) in [4.78, 5) is 4.54. The van der Waals surface area contributed by atoms with Crippen molar-refractivity contribution in [2.45, 2.75) is 0 Å². The lowest BCUT2D eigenvalue weighted by molar-refractivity contribution is 1.10. The zero-order chi connectivity index (χ0) is 13.2. The van der Waals surface area contributed by atoms with E-state index in [1.165, 1.54) is 0 Å². The fourth-order valence-corrected chi connectivity index (χ4v) is 2.57. The summed E-state index contributed by atoms with van der Waals surface area (Å²) in [6.45, 7) is 0. The van der Waals surface area contributed by atoms with Gasteiger partial charge >= 0.3 is 0 Å². The zero-order valence-corrected chi connectivity index (χ0v) is 12.9. The lowest BCUT2D eigenvalue weighted by Crippen LogP contribution is -1.83. The van der Waals surface area contributed by atoms with E-state index in [0.29, 0.717) is 5.82 Å². The standard InChI is InChI=1S/C14H9Br2N3/c15-10-6-7-12(16)11(8-10)14-17-13(18-19-14)9-4-2-1-3-5-9/h1-8H,(H,17,18,19). The smallest absolute Gasteiger partial charge is 0.181 e. The maximum Gasteiger partial charge on any atom is 0.181 e. The average molecular weight is 379 g/mol. The van der Waals surface area contributed by atoms with Crippen LogP contribution in [0.2, 0.25) is 0 Å². The lowest BCUT2D eigenvalue weighted by Gasteiger charge is -2.00. The predicted octanol–water partition coefficient (Wildman–Crippen LogP) is 4.66. The van der Waals surface area contributed by atoms with E-state index in [1.807, 2.05) is 48.5 Å². The average Bonchev–Trinajstić information content (AvgIpc) is 2.92. The molecule has 0 amide bonds. The number of hydrogen-bond donors (Lipinski definition) is 1. The molecule has 1 heterocycles. The molecule has 3 aromatic rings. The second-order valence-corrected chi connectivity index (χ2v) is 5.77. The van der Waals surface area contributed by atoms with Gasteiger partial charge in [0.25, 0.3) is 0 Å². The predicted molar refractivity (Wildman–Crippen MR) is 82.7 cm³/mol. The van der Waals surface area contributed by atoms with Crippen molar-refractivity contribution < 1.29 is 0 Å². The first-order chi connectivity index (χ1) is 9.24. The lowest BCUT2D eigenvalue weighted by atomic mass is 10.2. The van der Waals surface area contributed by atoms with E-state index in [9.17, 15) is 0 Å². The molecular formula is C14H9Br2N3. The van der Waals surface area contributed by atoms with Crippen LogP contribution in [0.1, 0.15) is 0 Å². The molecule has 0 bridgehead atoms. The summed E-state index contributed by atoms with van der Waals surface area (Å²) in [5.41, 5.74) is 1.97. The Morgan fingerprint density at radius 1 is 0.947 bits per heavy atom. The summed E-state index contributed by atoms with van der Waals surface area (Å²) in [6.07, 6.45) is 0. The number of benzene rings is 2. The highest BCUT2D eigenvalue weighted by atomic mass is 79.9. The topological polar surface area (TPSA) is 41.6 Å². The minimum Gasteiger partial charge on any atom is -0.259 e. The van der Waals surface area contributed by atoms with Gasteiger partial charge in [0.2, 0.25) is 0 Å². The highest BCUT2D eigenvalue weighted by Crippen LogP contribution is 2.29. The zero-order valence-electron chi connectivity index (χ0n) is 9.77. The van der Waals surface area contributed by atoms with Crippen LogP contribution in [0.3, 0.4) is 0 Å². The van der Waals surface area contributed by atoms with E-state index in [4.69, 9.17) is 0 Å². The Morgan fingerprint density at radius 2 is 1.74 bits per heavy atom. The highest BCUT2D eigenvalue weighted by molar-refractivity contribution is 9.11. The second kappa shape index (κ2) is 5.27. The van der Waals surface area contributed by atoms with Gasteiger partial charge in [-0.2, -0.15) is 5.10 Å². The van der Waals surface area contributed by atoms with Crippen molar-refractivity contribution in [2.75, 3.05) is 0 Å². The quantitative estimate of drug-likeness (QED) is 0.704. The molecule has 0 radical (unpaired) electrons. The molecule has 3 nitrogen and oxygen atoms in total. The SMILES string of the molecule is Brc1ccc(Br)c(-c2nc(-c3ccccc3)n[nH]2)c1. The molecule has 0 aliphatic carbocycles. The van der Waals surface area contributed by atoms with Gasteiger partial charge in [-0.05, 0) is 18.2 Å². The van der Waals surface area contributed by atoms with E-state index in [2.05, 4.69) is 47.0 Å². The summed E-state index contributed by atoms with van der Waals surface area (Å²) in [6, 6.07) is 15.8. The van der Waals surface area contributed by atoms with E-state index in [0.717, 1.165) is 25.9 Å². The third-order valence-corrected chi connectivity index (χ3v) is 3.89. The normalized spacial score (nSPS) is 10.6. The van der Waals surface area contributed by atoms with Crippen LogP contribution in [0, 0.1) is 0 Å². The summed E-state index contributed by atoms with van der Waals surface area (Å²) in [5.74, 6) is 1.44. The van der Waals surface area contributed by atoms with Crippen LogP contribution in [0.25, 0.3) is 22.8 Å². The molecule has 94 valence electrons. The molecule has 0 unspecified atom stereocenters. The number of halogens is 2. The van der Waals surface area contributed by atoms with Gasteiger partial charge in [-0.3, -0.25) is 5.10 Å². The van der Waals surface area contributed by atoms with E-state index in [-0.39, 0.29) is 0 Å². The molecule has 0 saturated carbocycles. The van der Waals surface area contributed by atoms with E-state index >= 15 is 0 Å². The van der Waals surface area contributed by atoms with Crippen LogP contribution in [0.5, 0.6) is 0 Å². The van der Waals surface area contributed by atoms with Crippen molar-refractivity contribution >= 4 is 31.9 Å². The maximum atomic E-state index is 4.54. The van der Waals surface area contributed by atoms with Gasteiger partial charge in [0.15, 0.2) is 11.6 Å². The fraction of sp³-hybridized carbons (Fsp3) is 0. The van der Waals surface area contributed by atoms with Gasteiger partial charge in [-0.25, -0.2) is 4.98 Å². The summed E-state index contributed by atoms with van der Waals surface area (Å²) in [7, 11) is 0. The van der Waals surface area contributed by atoms with Crippen LogP contribution in [0.15, 0.2) is 57.5 Å². The molecule has 5 heteroatoms. The van der Waals surface area contributed by atoms with Crippen LogP contribution in [-0.4, -0.2) is 15.2 Å². The van der Waals surface area contributed by atoms with Crippen molar-refractivity contribution in [3.05, 3.63) is 57.5 Å². The number of aromatic nitrogens is 3. The Labute approximate surface area is 127 Å². The van der Waals surface area contributed by atoms with Crippen molar-refractivity contribution in [1.82, 2.24) is 15.2 Å². The van der Waals surface area contributed by atoms with Gasteiger partial charge in [0.05, 0.1) is 0 Å². The first-order valence-corrected chi connectivity index (χ1v) is 7.26. The van der Waals surface area contributed by atoms with Crippen LogP contribution >= 0.6 is 31.9 Å². The first kappa shape index (κ1) is 12.6. The molecule has 0 aliphatic rings. The third kappa shape index (κ3) is 2.62. The maximum absolute atomic E-state index is 4.54. The molecule has 3 rings (SSSR count). The molecule has 0 atom stereocenters. The minimum absolute atomic E-state index is 0.697. The minimum atomic E-state index is 0.697. The van der Waals surface area contributed by atoms with Gasteiger partial charge < -0.3 is 0 Å². The Hall–Kier alpha value is -1.46. The molecule has 0 spiro atoms. The van der Waals surface area contributed by atoms with Gasteiger partial charge in [-0.1, -0.05) is 62.2 Å². The largest absolute Gasteiger partial charge is 0.259 e. The number of H-pyrrole nitrogens is 1. The molecule has 1 N–H and O–H groups in total. The molecule has 19 heavy (non-hydrogen) atoms. The fourth-order valence-electron chi connectivity index (χ4n) is 1.78. The Balaban J connectivity index is 2.04. The van der Waals surface area contributed by atoms with Gasteiger partial charge in [0, 0.05) is 20.1 Å². The van der Waals surface area contributed by atoms with E-state index < -0.39 is 0 Å². The summed E-state index contributed by atoms with van der Waals surface area (Å²) >= 11 is 6.99. The van der Waals surface area contributed by atoms with Crippen LogP contribution < -0.4 is 0 Å². The highest BCUT2D eigenvalue weighted by Gasteiger charge is 2.10. The molecular weight excluding hydrogens is 370 g/mol. The first-order valence-electron chi connectivity index (χ1n) is 5.67. The molecule has 1 aromatic heterocycles. The summed E-state index contributed by atoms with van der Waals surface area (Å²) in [5, 5.41) is 7.24. The number of nitrogens with zero attached hydrogens (tertiary/aromatic N) is 2. The third-order valence-electron chi connectivity index (χ3n) is 2.70. The number of aromatic amines is 1. The molecule has 2 aromatic carbocycles. The van der Waals surface area contributed by atoms with Crippen molar-refractivity contribution in [3.63, 3.8) is 0 Å². The monoisotopic (exact) mass is 377 g/mol. The number of hydrogen-bond acceptors (Lipinski definition) is 2. The van der Waals surface area contributed by atoms with Crippen molar-refractivity contribution in [3.8, 4) is 22.8 Å².